The molecule has 2 rings (SSSR count). The minimum absolute atomic E-state index is 0.919. The van der Waals surface area contributed by atoms with Crippen molar-refractivity contribution in [1.29, 1.82) is 0 Å². The molecule has 0 spiro atoms. The standard InChI is InChI=1S/C14H18N2O/c1-15-7-9-16(10-8-15)12-14-4-2-13(3-5-14)6-11-17/h2-6H,7-10,12H2,1H3. The maximum Gasteiger partial charge on any atom is 0.125 e. The Bertz CT molecular complexity index is 399. The number of carbonyl (C=O) groups excluding carboxylic acids is 1. The van der Waals surface area contributed by atoms with Crippen LogP contribution >= 0.6 is 0 Å². The van der Waals surface area contributed by atoms with Crippen molar-refractivity contribution in [2.24, 2.45) is 0 Å². The summed E-state index contributed by atoms with van der Waals surface area (Å²) >= 11 is 0. The van der Waals surface area contributed by atoms with Gasteiger partial charge in [-0.05, 0) is 18.2 Å². The van der Waals surface area contributed by atoms with Crippen molar-refractivity contribution in [3.05, 3.63) is 35.4 Å². The molecule has 0 unspecified atom stereocenters. The fourth-order valence-corrected chi connectivity index (χ4v) is 2.05. The van der Waals surface area contributed by atoms with Gasteiger partial charge >= 0.3 is 0 Å². The molecule has 0 radical (unpaired) electrons. The molecule has 17 heavy (non-hydrogen) atoms. The van der Waals surface area contributed by atoms with E-state index < -0.39 is 0 Å². The van der Waals surface area contributed by atoms with E-state index in [0.29, 0.717) is 0 Å². The SMILES string of the molecule is CN1CCN(Cc2ccc(C=C=O)cc2)CC1. The Hall–Kier alpha value is -1.41. The van der Waals surface area contributed by atoms with Gasteiger partial charge in [0, 0.05) is 38.8 Å². The van der Waals surface area contributed by atoms with E-state index in [-0.39, 0.29) is 0 Å². The van der Waals surface area contributed by atoms with Crippen LogP contribution in [0.5, 0.6) is 0 Å². The molecule has 3 nitrogen and oxygen atoms in total. The van der Waals surface area contributed by atoms with Crippen LogP contribution in [0.4, 0.5) is 0 Å². The molecule has 0 bridgehead atoms. The van der Waals surface area contributed by atoms with Gasteiger partial charge in [0.05, 0.1) is 0 Å². The third-order valence-corrected chi connectivity index (χ3v) is 3.21. The molecule has 0 N–H and O–H groups in total. The first-order valence-electron chi connectivity index (χ1n) is 5.98. The highest BCUT2D eigenvalue weighted by Crippen LogP contribution is 2.09. The molecule has 0 saturated carbocycles. The summed E-state index contributed by atoms with van der Waals surface area (Å²) in [6.07, 6.45) is 1.46. The van der Waals surface area contributed by atoms with Crippen LogP contribution in [0, 0.1) is 0 Å². The van der Waals surface area contributed by atoms with Gasteiger partial charge in [-0.1, -0.05) is 24.3 Å². The number of rotatable bonds is 3. The average molecular weight is 230 g/mol. The second-order valence-electron chi connectivity index (χ2n) is 4.58. The lowest BCUT2D eigenvalue weighted by Gasteiger charge is -2.32. The normalized spacial score (nSPS) is 17.7. The zero-order valence-electron chi connectivity index (χ0n) is 10.2. The number of hydrogen-bond acceptors (Lipinski definition) is 3. The van der Waals surface area contributed by atoms with E-state index in [0.717, 1.165) is 38.3 Å². The predicted molar refractivity (Wildman–Crippen MR) is 69.4 cm³/mol. The number of hydrogen-bond donors (Lipinski definition) is 0. The van der Waals surface area contributed by atoms with Crippen molar-refractivity contribution in [2.45, 2.75) is 6.54 Å². The lowest BCUT2D eigenvalue weighted by atomic mass is 10.1. The van der Waals surface area contributed by atoms with Gasteiger partial charge in [0.15, 0.2) is 0 Å². The number of nitrogens with zero attached hydrogens (tertiary/aromatic N) is 2. The lowest BCUT2D eigenvalue weighted by molar-refractivity contribution is 0.148. The Morgan fingerprint density at radius 3 is 2.41 bits per heavy atom. The Kier molecular flexibility index (Phi) is 4.10. The van der Waals surface area contributed by atoms with Crippen LogP contribution in [0.15, 0.2) is 24.3 Å². The molecule has 1 aromatic rings. The molecule has 1 fully saturated rings. The summed E-state index contributed by atoms with van der Waals surface area (Å²) < 4.78 is 0. The maximum absolute atomic E-state index is 10.2. The first-order valence-corrected chi connectivity index (χ1v) is 5.98. The summed E-state index contributed by atoms with van der Waals surface area (Å²) in [5.74, 6) is 1.80. The first-order chi connectivity index (χ1) is 8.28. The van der Waals surface area contributed by atoms with E-state index in [9.17, 15) is 4.79 Å². The van der Waals surface area contributed by atoms with E-state index in [1.807, 2.05) is 12.1 Å². The van der Waals surface area contributed by atoms with Crippen molar-refractivity contribution in [3.8, 4) is 0 Å². The van der Waals surface area contributed by atoms with Gasteiger partial charge in [-0.25, -0.2) is 4.79 Å². The summed E-state index contributed by atoms with van der Waals surface area (Å²) in [5, 5.41) is 0. The second kappa shape index (κ2) is 5.78. The van der Waals surface area contributed by atoms with Gasteiger partial charge < -0.3 is 4.90 Å². The molecule has 0 amide bonds. The molecule has 1 aromatic carbocycles. The summed E-state index contributed by atoms with van der Waals surface area (Å²) in [6, 6.07) is 8.11. The largest absolute Gasteiger partial charge is 0.304 e. The van der Waals surface area contributed by atoms with Gasteiger partial charge in [0.2, 0.25) is 0 Å². The number of piperazine rings is 1. The van der Waals surface area contributed by atoms with Crippen molar-refractivity contribution in [3.63, 3.8) is 0 Å². The molecule has 90 valence electrons. The molecule has 0 aliphatic carbocycles. The first kappa shape index (κ1) is 12.1. The van der Waals surface area contributed by atoms with Crippen molar-refractivity contribution in [2.75, 3.05) is 33.2 Å². The molecule has 1 heterocycles. The summed E-state index contributed by atoms with van der Waals surface area (Å²) in [4.78, 5) is 15.0. The minimum Gasteiger partial charge on any atom is -0.304 e. The van der Waals surface area contributed by atoms with E-state index in [4.69, 9.17) is 0 Å². The third kappa shape index (κ3) is 3.53. The van der Waals surface area contributed by atoms with Crippen LogP contribution in [0.2, 0.25) is 0 Å². The van der Waals surface area contributed by atoms with Crippen molar-refractivity contribution >= 4 is 12.0 Å². The van der Waals surface area contributed by atoms with Crippen LogP contribution < -0.4 is 0 Å². The van der Waals surface area contributed by atoms with Gasteiger partial charge in [0.1, 0.15) is 5.94 Å². The van der Waals surface area contributed by atoms with E-state index in [1.54, 1.807) is 5.94 Å². The molecule has 1 aliphatic heterocycles. The Morgan fingerprint density at radius 2 is 1.82 bits per heavy atom. The lowest BCUT2D eigenvalue weighted by Crippen LogP contribution is -2.43. The van der Waals surface area contributed by atoms with Crippen LogP contribution in [0.1, 0.15) is 11.1 Å². The fraction of sp³-hybridized carbons (Fsp3) is 0.429. The molecule has 1 saturated heterocycles. The van der Waals surface area contributed by atoms with E-state index in [1.165, 1.54) is 11.6 Å². The maximum atomic E-state index is 10.2. The summed E-state index contributed by atoms with van der Waals surface area (Å²) in [7, 11) is 2.16. The number of likely N-dealkylation sites (N-methyl/N-ethyl adjacent to an activating group) is 1. The van der Waals surface area contributed by atoms with Crippen molar-refractivity contribution < 1.29 is 4.79 Å². The van der Waals surface area contributed by atoms with E-state index in [2.05, 4.69) is 29.0 Å². The van der Waals surface area contributed by atoms with Gasteiger partial charge in [-0.3, -0.25) is 4.90 Å². The molecule has 0 aromatic heterocycles. The van der Waals surface area contributed by atoms with E-state index >= 15 is 0 Å². The molecule has 1 aliphatic rings. The second-order valence-corrected chi connectivity index (χ2v) is 4.58. The van der Waals surface area contributed by atoms with Crippen LogP contribution in [0.25, 0.3) is 6.08 Å². The van der Waals surface area contributed by atoms with Crippen molar-refractivity contribution in [1.82, 2.24) is 9.80 Å². The van der Waals surface area contributed by atoms with Gasteiger partial charge in [-0.2, -0.15) is 0 Å². The summed E-state index contributed by atoms with van der Waals surface area (Å²) in [6.45, 7) is 5.55. The third-order valence-electron chi connectivity index (χ3n) is 3.21. The topological polar surface area (TPSA) is 23.6 Å². The zero-order valence-corrected chi connectivity index (χ0v) is 10.2. The molecular weight excluding hydrogens is 212 g/mol. The highest BCUT2D eigenvalue weighted by atomic mass is 16.1. The Labute approximate surface area is 102 Å². The van der Waals surface area contributed by atoms with Crippen LogP contribution in [-0.2, 0) is 11.3 Å². The molecule has 3 heteroatoms. The minimum atomic E-state index is 0.919. The molecule has 0 atom stereocenters. The number of benzene rings is 1. The molecular formula is C14H18N2O. The van der Waals surface area contributed by atoms with Gasteiger partial charge in [-0.15, -0.1) is 0 Å². The Balaban J connectivity index is 1.92. The monoisotopic (exact) mass is 230 g/mol. The highest BCUT2D eigenvalue weighted by Gasteiger charge is 2.13. The highest BCUT2D eigenvalue weighted by molar-refractivity contribution is 5.74. The van der Waals surface area contributed by atoms with Gasteiger partial charge in [0.25, 0.3) is 0 Å². The average Bonchev–Trinajstić information content (AvgIpc) is 2.35. The summed E-state index contributed by atoms with van der Waals surface area (Å²) in [5.41, 5.74) is 2.22. The Morgan fingerprint density at radius 1 is 1.18 bits per heavy atom. The quantitative estimate of drug-likeness (QED) is 0.731. The predicted octanol–water partition coefficient (Wildman–Crippen LogP) is 1.28. The fourth-order valence-electron chi connectivity index (χ4n) is 2.05. The smallest absolute Gasteiger partial charge is 0.125 e. The van der Waals surface area contributed by atoms with Crippen LogP contribution in [0.3, 0.4) is 0 Å². The zero-order chi connectivity index (χ0) is 12.1. The van der Waals surface area contributed by atoms with Crippen LogP contribution in [-0.4, -0.2) is 49.0 Å².